The van der Waals surface area contributed by atoms with Gasteiger partial charge in [-0.3, -0.25) is 0 Å². The van der Waals surface area contributed by atoms with Gasteiger partial charge in [0.2, 0.25) is 0 Å². The van der Waals surface area contributed by atoms with Gasteiger partial charge in [0.1, 0.15) is 12.4 Å². The fourth-order valence-corrected chi connectivity index (χ4v) is 3.97. The van der Waals surface area contributed by atoms with Gasteiger partial charge in [-0.2, -0.15) is 0 Å². The molecule has 0 amide bonds. The highest BCUT2D eigenvalue weighted by atomic mass is 16.5. The molecule has 2 atom stereocenters. The summed E-state index contributed by atoms with van der Waals surface area (Å²) >= 11 is 0. The average Bonchev–Trinajstić information content (AvgIpc) is 2.75. The quantitative estimate of drug-likeness (QED) is 0.659. The van der Waals surface area contributed by atoms with Crippen LogP contribution in [0.25, 0.3) is 16.8 Å². The molecule has 0 radical (unpaired) electrons. The first-order valence-electron chi connectivity index (χ1n) is 9.58. The summed E-state index contributed by atoms with van der Waals surface area (Å²) in [6, 6.07) is 20.5. The van der Waals surface area contributed by atoms with Gasteiger partial charge in [0.15, 0.2) is 0 Å². The van der Waals surface area contributed by atoms with E-state index in [1.807, 2.05) is 36.4 Å². The fraction of sp³-hybridized carbons (Fsp3) is 0.250. The van der Waals surface area contributed by atoms with Crippen molar-refractivity contribution in [3.63, 3.8) is 0 Å². The van der Waals surface area contributed by atoms with Crippen molar-refractivity contribution < 1.29 is 19.7 Å². The number of aliphatic hydroxyl groups is 2. The smallest absolute Gasteiger partial charge is 0.123 e. The summed E-state index contributed by atoms with van der Waals surface area (Å²) in [5, 5.41) is 20.8. The Morgan fingerprint density at radius 3 is 2.46 bits per heavy atom. The Balaban J connectivity index is 1.92. The highest BCUT2D eigenvalue weighted by Crippen LogP contribution is 2.44. The molecule has 28 heavy (non-hydrogen) atoms. The van der Waals surface area contributed by atoms with Crippen molar-refractivity contribution in [3.8, 4) is 5.75 Å². The molecule has 4 heteroatoms. The third kappa shape index (κ3) is 3.54. The van der Waals surface area contributed by atoms with Gasteiger partial charge < -0.3 is 19.7 Å². The Morgan fingerprint density at radius 2 is 1.61 bits per heavy atom. The molecule has 1 aliphatic rings. The molecule has 2 unspecified atom stereocenters. The Morgan fingerprint density at radius 1 is 0.821 bits per heavy atom. The van der Waals surface area contributed by atoms with Gasteiger partial charge in [0.25, 0.3) is 0 Å². The molecule has 4 rings (SSSR count). The van der Waals surface area contributed by atoms with Crippen LogP contribution in [0.15, 0.2) is 66.7 Å². The van der Waals surface area contributed by atoms with Crippen molar-refractivity contribution in [1.29, 1.82) is 0 Å². The predicted molar refractivity (Wildman–Crippen MR) is 111 cm³/mol. The summed E-state index contributed by atoms with van der Waals surface area (Å²) in [5.74, 6) is 0.674. The van der Waals surface area contributed by atoms with Crippen molar-refractivity contribution in [1.82, 2.24) is 0 Å². The third-order valence-electron chi connectivity index (χ3n) is 5.12. The molecule has 0 saturated heterocycles. The Kier molecular flexibility index (Phi) is 5.72. The van der Waals surface area contributed by atoms with E-state index in [-0.39, 0.29) is 38.4 Å². The molecule has 0 fully saturated rings. The van der Waals surface area contributed by atoms with E-state index in [1.165, 1.54) is 0 Å². The second kappa shape index (κ2) is 8.57. The Bertz CT molecular complexity index is 979. The van der Waals surface area contributed by atoms with E-state index in [9.17, 15) is 10.2 Å². The second-order valence-electron chi connectivity index (χ2n) is 6.80. The minimum atomic E-state index is -0.218. The van der Waals surface area contributed by atoms with Crippen LogP contribution < -0.4 is 4.74 Å². The lowest BCUT2D eigenvalue weighted by molar-refractivity contribution is 0.0457. The maximum Gasteiger partial charge on any atom is 0.123 e. The molecule has 3 aromatic carbocycles. The lowest BCUT2D eigenvalue weighted by Gasteiger charge is -2.32. The molecule has 144 valence electrons. The zero-order chi connectivity index (χ0) is 19.3. The first kappa shape index (κ1) is 18.7. The van der Waals surface area contributed by atoms with Crippen LogP contribution >= 0.6 is 0 Å². The van der Waals surface area contributed by atoms with E-state index < -0.39 is 0 Å². The molecular formula is C24H24O4. The largest absolute Gasteiger partial charge is 0.491 e. The monoisotopic (exact) mass is 376 g/mol. The maximum atomic E-state index is 9.29. The molecule has 1 aliphatic carbocycles. The molecule has 0 aliphatic heterocycles. The van der Waals surface area contributed by atoms with Crippen molar-refractivity contribution in [3.05, 3.63) is 83.4 Å². The van der Waals surface area contributed by atoms with Crippen LogP contribution in [0.1, 0.15) is 22.6 Å². The number of aliphatic hydroxyl groups excluding tert-OH is 2. The van der Waals surface area contributed by atoms with E-state index in [4.69, 9.17) is 9.47 Å². The van der Waals surface area contributed by atoms with Gasteiger partial charge in [-0.15, -0.1) is 0 Å². The van der Waals surface area contributed by atoms with Crippen LogP contribution in [-0.4, -0.2) is 42.7 Å². The summed E-state index contributed by atoms with van der Waals surface area (Å²) in [5.41, 5.74) is 3.36. The zero-order valence-corrected chi connectivity index (χ0v) is 15.6. The molecule has 0 aromatic heterocycles. The molecule has 3 aromatic rings. The van der Waals surface area contributed by atoms with Gasteiger partial charge in [-0.1, -0.05) is 66.7 Å². The van der Waals surface area contributed by atoms with Crippen molar-refractivity contribution in [2.24, 2.45) is 0 Å². The van der Waals surface area contributed by atoms with E-state index in [1.54, 1.807) is 0 Å². The normalized spacial score (nSPS) is 18.2. The van der Waals surface area contributed by atoms with Crippen molar-refractivity contribution in [2.75, 3.05) is 26.4 Å². The first-order valence-corrected chi connectivity index (χ1v) is 9.58. The lowest BCUT2D eigenvalue weighted by atomic mass is 9.78. The number of rotatable bonds is 7. The van der Waals surface area contributed by atoms with Crippen LogP contribution in [0.5, 0.6) is 5.75 Å². The molecule has 4 nitrogen and oxygen atoms in total. The average molecular weight is 376 g/mol. The topological polar surface area (TPSA) is 58.9 Å². The van der Waals surface area contributed by atoms with Crippen LogP contribution in [-0.2, 0) is 4.74 Å². The van der Waals surface area contributed by atoms with Gasteiger partial charge >= 0.3 is 0 Å². The van der Waals surface area contributed by atoms with E-state index in [0.29, 0.717) is 0 Å². The maximum absolute atomic E-state index is 9.29. The summed E-state index contributed by atoms with van der Waals surface area (Å²) in [7, 11) is 0. The second-order valence-corrected chi connectivity index (χ2v) is 6.80. The Labute approximate surface area is 164 Å². The highest BCUT2D eigenvalue weighted by molar-refractivity contribution is 5.89. The number of benzene rings is 3. The molecule has 0 bridgehead atoms. The minimum Gasteiger partial charge on any atom is -0.491 e. The molecule has 0 heterocycles. The van der Waals surface area contributed by atoms with E-state index in [0.717, 1.165) is 33.2 Å². The van der Waals surface area contributed by atoms with Gasteiger partial charge in [0, 0.05) is 11.5 Å². The molecule has 0 saturated carbocycles. The van der Waals surface area contributed by atoms with E-state index >= 15 is 0 Å². The first-order chi connectivity index (χ1) is 13.8. The molecule has 2 N–H and O–H groups in total. The standard InChI is InChI=1S/C24H24O4/c25-13-15-27-21-11-9-17-5-1-3-7-19(17)23(21)24-20-8-4-2-6-18(20)10-12-22(24)28-16-14-26/h1-12,21,23,25-26H,13-16H2. The summed E-state index contributed by atoms with van der Waals surface area (Å²) in [6.45, 7) is 0.433. The van der Waals surface area contributed by atoms with Crippen LogP contribution in [0.2, 0.25) is 0 Å². The Hall–Kier alpha value is -2.66. The number of hydrogen-bond donors (Lipinski definition) is 2. The SMILES string of the molecule is OCCOc1ccc2ccccc2c1C1c2ccccc2C=CC1OCCO. The van der Waals surface area contributed by atoms with Crippen LogP contribution in [0.3, 0.4) is 0 Å². The fourth-order valence-electron chi connectivity index (χ4n) is 3.97. The highest BCUT2D eigenvalue weighted by Gasteiger charge is 2.32. The van der Waals surface area contributed by atoms with Gasteiger partial charge in [-0.25, -0.2) is 0 Å². The van der Waals surface area contributed by atoms with Crippen LogP contribution in [0.4, 0.5) is 0 Å². The van der Waals surface area contributed by atoms with Gasteiger partial charge in [0.05, 0.1) is 25.9 Å². The summed E-state index contributed by atoms with van der Waals surface area (Å²) in [4.78, 5) is 0. The predicted octanol–water partition coefficient (Wildman–Crippen LogP) is 3.75. The molecular weight excluding hydrogens is 352 g/mol. The lowest BCUT2D eigenvalue weighted by Crippen LogP contribution is -2.26. The van der Waals surface area contributed by atoms with Crippen LogP contribution in [0, 0.1) is 0 Å². The summed E-state index contributed by atoms with van der Waals surface area (Å²) < 4.78 is 12.0. The van der Waals surface area contributed by atoms with Crippen molar-refractivity contribution >= 4 is 16.8 Å². The van der Waals surface area contributed by atoms with Gasteiger partial charge in [-0.05, 0) is 28.0 Å². The molecule has 0 spiro atoms. The number of hydrogen-bond acceptors (Lipinski definition) is 4. The zero-order valence-electron chi connectivity index (χ0n) is 15.6. The minimum absolute atomic E-state index is 0.0257. The number of ether oxygens (including phenoxy) is 2. The number of fused-ring (bicyclic) bond motifs is 2. The van der Waals surface area contributed by atoms with E-state index in [2.05, 4.69) is 36.4 Å². The third-order valence-corrected chi connectivity index (χ3v) is 5.12. The van der Waals surface area contributed by atoms with Crippen molar-refractivity contribution in [2.45, 2.75) is 12.0 Å². The summed E-state index contributed by atoms with van der Waals surface area (Å²) in [6.07, 6.45) is 3.91.